The van der Waals surface area contributed by atoms with Crippen molar-refractivity contribution in [1.29, 1.82) is 0 Å². The molecule has 0 saturated carbocycles. The Labute approximate surface area is 86.0 Å². The molecule has 0 radical (unpaired) electrons. The molecule has 0 atom stereocenters. The molecule has 74 valence electrons. The highest BCUT2D eigenvalue weighted by Crippen LogP contribution is 2.37. The van der Waals surface area contributed by atoms with Crippen LogP contribution in [0.15, 0.2) is 0 Å². The van der Waals surface area contributed by atoms with Gasteiger partial charge >= 0.3 is 8.25 Å². The van der Waals surface area contributed by atoms with E-state index in [2.05, 4.69) is 0 Å². The van der Waals surface area contributed by atoms with E-state index < -0.39 is 17.6 Å². The standard InChI is InChI=1S/C4H7Cl3O.HO3P/c1-3(2,8)4(5,6)7;1-4(2)3/h8H,1-2H3;(H-,1,2,3)/p+1. The van der Waals surface area contributed by atoms with Crippen molar-refractivity contribution in [2.24, 2.45) is 0 Å². The summed E-state index contributed by atoms with van der Waals surface area (Å²) in [6.07, 6.45) is 0. The Balaban J connectivity index is 0. The topological polar surface area (TPSA) is 77.8 Å². The SMILES string of the molecule is CC(C)(O)C(Cl)(Cl)Cl.O=[P+](O)O. The maximum Gasteiger partial charge on any atom is 0.692 e. The maximum absolute atomic E-state index is 8.96. The van der Waals surface area contributed by atoms with E-state index in [9.17, 15) is 0 Å². The van der Waals surface area contributed by atoms with Crippen molar-refractivity contribution in [3.8, 4) is 0 Å². The molecule has 3 N–H and O–H groups in total. The summed E-state index contributed by atoms with van der Waals surface area (Å²) in [5.74, 6) is 0. The van der Waals surface area contributed by atoms with Crippen molar-refractivity contribution < 1.29 is 19.5 Å². The first-order valence-corrected chi connectivity index (χ1v) is 4.92. The van der Waals surface area contributed by atoms with Crippen LogP contribution in [0.1, 0.15) is 13.8 Å². The van der Waals surface area contributed by atoms with Crippen LogP contribution in [-0.4, -0.2) is 24.3 Å². The molecule has 0 heterocycles. The van der Waals surface area contributed by atoms with Gasteiger partial charge in [-0.15, -0.1) is 9.79 Å². The molecule has 0 spiro atoms. The lowest BCUT2D eigenvalue weighted by Crippen LogP contribution is -2.35. The van der Waals surface area contributed by atoms with Gasteiger partial charge in [0.2, 0.25) is 3.79 Å². The van der Waals surface area contributed by atoms with E-state index in [1.165, 1.54) is 13.8 Å². The van der Waals surface area contributed by atoms with Gasteiger partial charge in [-0.3, -0.25) is 0 Å². The van der Waals surface area contributed by atoms with Crippen molar-refractivity contribution >= 4 is 43.1 Å². The summed E-state index contributed by atoms with van der Waals surface area (Å²) in [7, 11) is -2.87. The number of aliphatic hydroxyl groups is 1. The predicted octanol–water partition coefficient (Wildman–Crippen LogP) is 1.76. The zero-order valence-corrected chi connectivity index (χ0v) is 9.49. The molecule has 0 aromatic carbocycles. The summed E-state index contributed by atoms with van der Waals surface area (Å²) >= 11 is 15.9. The van der Waals surface area contributed by atoms with Crippen LogP contribution in [0.3, 0.4) is 0 Å². The zero-order valence-electron chi connectivity index (χ0n) is 6.33. The van der Waals surface area contributed by atoms with Crippen LogP contribution >= 0.6 is 43.1 Å². The van der Waals surface area contributed by atoms with Gasteiger partial charge in [0.05, 0.1) is 0 Å². The van der Waals surface area contributed by atoms with Crippen molar-refractivity contribution in [2.45, 2.75) is 23.2 Å². The molecule has 0 fully saturated rings. The molecule has 0 aliphatic heterocycles. The predicted molar refractivity (Wildman–Crippen MR) is 48.6 cm³/mol. The largest absolute Gasteiger partial charge is 0.692 e. The minimum atomic E-state index is -2.87. The number of rotatable bonds is 0. The Hall–Kier alpha value is 0.850. The normalized spacial score (nSPS) is 11.7. The van der Waals surface area contributed by atoms with Crippen molar-refractivity contribution in [2.75, 3.05) is 0 Å². The van der Waals surface area contributed by atoms with Crippen LogP contribution in [0.25, 0.3) is 0 Å². The Bertz CT molecular complexity index is 133. The van der Waals surface area contributed by atoms with Gasteiger partial charge in [0.15, 0.2) is 0 Å². The average Bonchev–Trinajstić information content (AvgIpc) is 1.55. The Kier molecular flexibility index (Phi) is 7.09. The Morgan fingerprint density at radius 2 is 1.25 bits per heavy atom. The van der Waals surface area contributed by atoms with Gasteiger partial charge in [0.1, 0.15) is 5.60 Å². The van der Waals surface area contributed by atoms with Crippen LogP contribution < -0.4 is 0 Å². The van der Waals surface area contributed by atoms with E-state index in [-0.39, 0.29) is 0 Å². The van der Waals surface area contributed by atoms with Gasteiger partial charge in [0, 0.05) is 4.57 Å². The lowest BCUT2D eigenvalue weighted by Gasteiger charge is -2.25. The highest BCUT2D eigenvalue weighted by Gasteiger charge is 2.38. The van der Waals surface area contributed by atoms with Gasteiger partial charge in [-0.05, 0) is 13.8 Å². The van der Waals surface area contributed by atoms with Gasteiger partial charge in [0.25, 0.3) is 0 Å². The average molecular weight is 258 g/mol. The monoisotopic (exact) mass is 257 g/mol. The molecule has 8 heteroatoms. The molecule has 0 aliphatic rings. The second kappa shape index (κ2) is 5.55. The summed E-state index contributed by atoms with van der Waals surface area (Å²) in [6, 6.07) is 0. The number of halogens is 3. The van der Waals surface area contributed by atoms with Crippen molar-refractivity contribution in [3.63, 3.8) is 0 Å². The number of alkyl halides is 3. The third-order valence-electron chi connectivity index (χ3n) is 0.694. The minimum Gasteiger partial charge on any atom is -0.386 e. The second-order valence-corrected chi connectivity index (χ2v) is 5.10. The summed E-state index contributed by atoms with van der Waals surface area (Å²) in [6.45, 7) is 2.86. The molecule has 0 aromatic heterocycles. The first-order chi connectivity index (χ1) is 4.98. The quantitative estimate of drug-likeness (QED) is 0.457. The molecule has 0 rings (SSSR count). The Morgan fingerprint density at radius 3 is 1.25 bits per heavy atom. The van der Waals surface area contributed by atoms with E-state index in [1.807, 2.05) is 0 Å². The first-order valence-electron chi connectivity index (χ1n) is 2.62. The van der Waals surface area contributed by atoms with Gasteiger partial charge in [-0.25, -0.2) is 0 Å². The summed E-state index contributed by atoms with van der Waals surface area (Å²) in [5.41, 5.74) is -1.27. The summed E-state index contributed by atoms with van der Waals surface area (Å²) in [5, 5.41) is 8.96. The fourth-order valence-corrected chi connectivity index (χ4v) is 0. The highest BCUT2D eigenvalue weighted by atomic mass is 35.6. The molecule has 12 heavy (non-hydrogen) atoms. The first kappa shape index (κ1) is 15.3. The lowest BCUT2D eigenvalue weighted by molar-refractivity contribution is 0.0847. The third-order valence-corrected chi connectivity index (χ3v) is 2.08. The molecule has 4 nitrogen and oxygen atoms in total. The zero-order chi connectivity index (χ0) is 10.6. The molecule has 0 amide bonds. The molecule has 0 saturated heterocycles. The van der Waals surface area contributed by atoms with Crippen LogP contribution in [-0.2, 0) is 4.57 Å². The van der Waals surface area contributed by atoms with Crippen molar-refractivity contribution in [3.05, 3.63) is 0 Å². The van der Waals surface area contributed by atoms with E-state index in [1.54, 1.807) is 0 Å². The third kappa shape index (κ3) is 10.8. The van der Waals surface area contributed by atoms with Gasteiger partial charge < -0.3 is 5.11 Å². The van der Waals surface area contributed by atoms with Crippen molar-refractivity contribution in [1.82, 2.24) is 0 Å². The number of hydrogen-bond donors (Lipinski definition) is 3. The van der Waals surface area contributed by atoms with Crippen LogP contribution in [0.2, 0.25) is 0 Å². The van der Waals surface area contributed by atoms with Gasteiger partial charge in [-0.2, -0.15) is 0 Å². The van der Waals surface area contributed by atoms with E-state index in [0.29, 0.717) is 0 Å². The number of hydrogen-bond acceptors (Lipinski definition) is 2. The fourth-order valence-electron chi connectivity index (χ4n) is 0. The fraction of sp³-hybridized carbons (Fsp3) is 1.00. The van der Waals surface area contributed by atoms with E-state index in [0.717, 1.165) is 0 Å². The van der Waals surface area contributed by atoms with Crippen LogP contribution in [0.5, 0.6) is 0 Å². The van der Waals surface area contributed by atoms with E-state index in [4.69, 9.17) is 54.3 Å². The minimum absolute atomic E-state index is 1.27. The van der Waals surface area contributed by atoms with Crippen LogP contribution in [0, 0.1) is 0 Å². The van der Waals surface area contributed by atoms with Crippen LogP contribution in [0.4, 0.5) is 0 Å². The summed E-state index contributed by atoms with van der Waals surface area (Å²) in [4.78, 5) is 14.2. The second-order valence-electron chi connectivity index (χ2n) is 2.31. The highest BCUT2D eigenvalue weighted by molar-refractivity contribution is 7.30. The Morgan fingerprint density at radius 1 is 1.17 bits per heavy atom. The lowest BCUT2D eigenvalue weighted by atomic mass is 10.2. The smallest absolute Gasteiger partial charge is 0.386 e. The molecule has 0 unspecified atom stereocenters. The van der Waals surface area contributed by atoms with E-state index >= 15 is 0 Å². The molecule has 0 bridgehead atoms. The molecular weight excluding hydrogens is 249 g/mol. The van der Waals surface area contributed by atoms with Gasteiger partial charge in [-0.1, -0.05) is 34.8 Å². The molecular formula is C4H9Cl3O4P+. The maximum atomic E-state index is 8.96. The molecule has 0 aliphatic carbocycles. The summed E-state index contributed by atoms with van der Waals surface area (Å²) < 4.78 is 7.11. The molecule has 0 aromatic rings.